The van der Waals surface area contributed by atoms with Crippen LogP contribution in [0.3, 0.4) is 0 Å². The fraction of sp³-hybridized carbons (Fsp3) is 0.667. The van der Waals surface area contributed by atoms with Crippen molar-refractivity contribution in [2.75, 3.05) is 31.1 Å². The van der Waals surface area contributed by atoms with E-state index in [0.717, 1.165) is 19.7 Å². The van der Waals surface area contributed by atoms with Gasteiger partial charge in [-0.05, 0) is 37.3 Å². The molecule has 2 aliphatic rings. The Morgan fingerprint density at radius 1 is 1.05 bits per heavy atom. The number of para-hydroxylation sites is 1. The van der Waals surface area contributed by atoms with Crippen LogP contribution in [0.4, 0.5) is 5.69 Å². The first-order valence-electron chi connectivity index (χ1n) is 8.58. The Balaban J connectivity index is 1.42. The number of benzene rings is 1. The Morgan fingerprint density at radius 2 is 1.81 bits per heavy atom. The van der Waals surface area contributed by atoms with Gasteiger partial charge in [0.1, 0.15) is 0 Å². The van der Waals surface area contributed by atoms with E-state index in [1.54, 1.807) is 0 Å². The summed E-state index contributed by atoms with van der Waals surface area (Å²) in [4.78, 5) is 2.52. The van der Waals surface area contributed by atoms with E-state index in [4.69, 9.17) is 4.74 Å². The van der Waals surface area contributed by atoms with Crippen LogP contribution in [-0.4, -0.2) is 32.3 Å². The van der Waals surface area contributed by atoms with Gasteiger partial charge in [-0.25, -0.2) is 0 Å². The highest BCUT2D eigenvalue weighted by Gasteiger charge is 2.16. The first-order valence-corrected chi connectivity index (χ1v) is 8.58. The molecular formula is C18H28N2O. The lowest BCUT2D eigenvalue weighted by Gasteiger charge is -2.21. The summed E-state index contributed by atoms with van der Waals surface area (Å²) in [6.07, 6.45) is 8.41. The van der Waals surface area contributed by atoms with Crippen LogP contribution in [0, 0.1) is 0 Å². The zero-order valence-electron chi connectivity index (χ0n) is 13.0. The third-order valence-corrected chi connectivity index (χ3v) is 4.69. The van der Waals surface area contributed by atoms with Gasteiger partial charge in [-0.2, -0.15) is 0 Å². The Hall–Kier alpha value is -1.06. The summed E-state index contributed by atoms with van der Waals surface area (Å²) in [5, 5.41) is 3.54. The van der Waals surface area contributed by atoms with Gasteiger partial charge in [-0.1, -0.05) is 31.0 Å². The zero-order chi connectivity index (χ0) is 14.3. The maximum Gasteiger partial charge on any atom is 0.0594 e. The van der Waals surface area contributed by atoms with Gasteiger partial charge in [0.15, 0.2) is 0 Å². The van der Waals surface area contributed by atoms with E-state index in [1.807, 2.05) is 0 Å². The van der Waals surface area contributed by atoms with Crippen LogP contribution in [0.2, 0.25) is 0 Å². The Morgan fingerprint density at radius 3 is 2.62 bits per heavy atom. The third-order valence-electron chi connectivity index (χ3n) is 4.69. The number of hydrogen-bond acceptors (Lipinski definition) is 3. The SMILES string of the molecule is c1ccc(N2CCCC2)c(CNCCOC2CCCC2)c1. The van der Waals surface area contributed by atoms with Crippen LogP contribution in [0.25, 0.3) is 0 Å². The highest BCUT2D eigenvalue weighted by atomic mass is 16.5. The molecule has 0 aromatic heterocycles. The molecule has 0 bridgehead atoms. The predicted molar refractivity (Wildman–Crippen MR) is 87.8 cm³/mol. The van der Waals surface area contributed by atoms with E-state index < -0.39 is 0 Å². The van der Waals surface area contributed by atoms with Gasteiger partial charge in [0.25, 0.3) is 0 Å². The average Bonchev–Trinajstić information content (AvgIpc) is 3.21. The lowest BCUT2D eigenvalue weighted by molar-refractivity contribution is 0.0603. The minimum Gasteiger partial charge on any atom is -0.377 e. The summed E-state index contributed by atoms with van der Waals surface area (Å²) >= 11 is 0. The normalized spacial score (nSPS) is 19.5. The van der Waals surface area contributed by atoms with Crippen molar-refractivity contribution < 1.29 is 4.74 Å². The number of rotatable bonds is 7. The van der Waals surface area contributed by atoms with Crippen molar-refractivity contribution in [3.63, 3.8) is 0 Å². The van der Waals surface area contributed by atoms with Gasteiger partial charge < -0.3 is 15.0 Å². The smallest absolute Gasteiger partial charge is 0.0594 e. The first-order chi connectivity index (χ1) is 10.4. The van der Waals surface area contributed by atoms with Crippen molar-refractivity contribution in [1.29, 1.82) is 0 Å². The Kier molecular flexibility index (Phi) is 5.53. The van der Waals surface area contributed by atoms with Crippen LogP contribution in [0.15, 0.2) is 24.3 Å². The van der Waals surface area contributed by atoms with E-state index >= 15 is 0 Å². The maximum atomic E-state index is 5.90. The number of anilines is 1. The fourth-order valence-corrected chi connectivity index (χ4v) is 3.50. The minimum absolute atomic E-state index is 0.531. The molecule has 1 saturated carbocycles. The summed E-state index contributed by atoms with van der Waals surface area (Å²) in [6, 6.07) is 8.81. The molecule has 0 unspecified atom stereocenters. The molecule has 1 aliphatic carbocycles. The summed E-state index contributed by atoms with van der Waals surface area (Å²) in [5.41, 5.74) is 2.83. The predicted octanol–water partition coefficient (Wildman–Crippen LogP) is 3.34. The van der Waals surface area contributed by atoms with Crippen LogP contribution >= 0.6 is 0 Å². The van der Waals surface area contributed by atoms with Crippen LogP contribution in [0.1, 0.15) is 44.1 Å². The summed E-state index contributed by atoms with van der Waals surface area (Å²) < 4.78 is 5.90. The molecule has 1 N–H and O–H groups in total. The number of nitrogens with zero attached hydrogens (tertiary/aromatic N) is 1. The Bertz CT molecular complexity index is 423. The first kappa shape index (κ1) is 14.9. The zero-order valence-corrected chi connectivity index (χ0v) is 13.0. The molecule has 3 rings (SSSR count). The van der Waals surface area contributed by atoms with E-state index in [9.17, 15) is 0 Å². The molecule has 1 aromatic rings. The number of nitrogens with one attached hydrogen (secondary N) is 1. The molecular weight excluding hydrogens is 260 g/mol. The second-order valence-corrected chi connectivity index (χ2v) is 6.28. The fourth-order valence-electron chi connectivity index (χ4n) is 3.50. The molecule has 0 amide bonds. The van der Waals surface area contributed by atoms with Gasteiger partial charge >= 0.3 is 0 Å². The molecule has 1 saturated heterocycles. The standard InChI is InChI=1S/C18H28N2O/c1-4-10-18(20-12-5-6-13-20)16(7-1)15-19-11-14-21-17-8-2-3-9-17/h1,4,7,10,17,19H,2-3,5-6,8-9,11-15H2. The molecule has 1 aliphatic heterocycles. The summed E-state index contributed by atoms with van der Waals surface area (Å²) in [7, 11) is 0. The molecule has 1 aromatic carbocycles. The second kappa shape index (κ2) is 7.81. The molecule has 0 radical (unpaired) electrons. The van der Waals surface area contributed by atoms with E-state index in [-0.39, 0.29) is 0 Å². The quantitative estimate of drug-likeness (QED) is 0.779. The van der Waals surface area contributed by atoms with Gasteiger partial charge in [-0.15, -0.1) is 0 Å². The van der Waals surface area contributed by atoms with Crippen LogP contribution in [0.5, 0.6) is 0 Å². The van der Waals surface area contributed by atoms with Crippen molar-refractivity contribution >= 4 is 5.69 Å². The van der Waals surface area contributed by atoms with Crippen LogP contribution in [-0.2, 0) is 11.3 Å². The molecule has 3 heteroatoms. The molecule has 0 atom stereocenters. The second-order valence-electron chi connectivity index (χ2n) is 6.28. The summed E-state index contributed by atoms with van der Waals surface area (Å²) in [6.45, 7) is 5.16. The molecule has 21 heavy (non-hydrogen) atoms. The lowest BCUT2D eigenvalue weighted by atomic mass is 10.1. The average molecular weight is 288 g/mol. The van der Waals surface area contributed by atoms with Crippen molar-refractivity contribution in [3.8, 4) is 0 Å². The van der Waals surface area contributed by atoms with Gasteiger partial charge in [0, 0.05) is 31.9 Å². The third kappa shape index (κ3) is 4.21. The van der Waals surface area contributed by atoms with Gasteiger partial charge in [-0.3, -0.25) is 0 Å². The highest BCUT2D eigenvalue weighted by Crippen LogP contribution is 2.24. The molecule has 2 fully saturated rings. The van der Waals surface area contributed by atoms with E-state index in [0.29, 0.717) is 6.10 Å². The van der Waals surface area contributed by atoms with E-state index in [2.05, 4.69) is 34.5 Å². The monoisotopic (exact) mass is 288 g/mol. The Labute approximate surface area is 128 Å². The largest absolute Gasteiger partial charge is 0.377 e. The minimum atomic E-state index is 0.531. The van der Waals surface area contributed by atoms with Crippen molar-refractivity contribution in [3.05, 3.63) is 29.8 Å². The van der Waals surface area contributed by atoms with E-state index in [1.165, 1.54) is 62.9 Å². The topological polar surface area (TPSA) is 24.5 Å². The molecule has 3 nitrogen and oxygen atoms in total. The molecule has 116 valence electrons. The van der Waals surface area contributed by atoms with Crippen molar-refractivity contribution in [2.45, 2.75) is 51.2 Å². The van der Waals surface area contributed by atoms with Gasteiger partial charge in [0.05, 0.1) is 12.7 Å². The van der Waals surface area contributed by atoms with Crippen molar-refractivity contribution in [2.24, 2.45) is 0 Å². The van der Waals surface area contributed by atoms with Crippen molar-refractivity contribution in [1.82, 2.24) is 5.32 Å². The maximum absolute atomic E-state index is 5.90. The highest BCUT2D eigenvalue weighted by molar-refractivity contribution is 5.54. The van der Waals surface area contributed by atoms with Gasteiger partial charge in [0.2, 0.25) is 0 Å². The lowest BCUT2D eigenvalue weighted by Crippen LogP contribution is -2.24. The van der Waals surface area contributed by atoms with Crippen LogP contribution < -0.4 is 10.2 Å². The number of ether oxygens (including phenoxy) is 1. The summed E-state index contributed by atoms with van der Waals surface area (Å²) in [5.74, 6) is 0. The number of hydrogen-bond donors (Lipinski definition) is 1. The molecule has 0 spiro atoms. The molecule has 1 heterocycles.